The lowest BCUT2D eigenvalue weighted by Gasteiger charge is -2.16. The van der Waals surface area contributed by atoms with Gasteiger partial charge in [0.2, 0.25) is 0 Å². The fraction of sp³-hybridized carbons (Fsp3) is 0.161. The van der Waals surface area contributed by atoms with Crippen LogP contribution in [0.2, 0.25) is 0 Å². The topological polar surface area (TPSA) is 84.7 Å². The standard InChI is InChI=1S/C31H28N6OS/c1-19-6-8-21(9-7-19)20(2)36-31(38)24-5-4-14-32-30(24)34-16-23-11-13-28(39-23)22-10-12-26-25(15-22)29-27(17-33-26)35-18-37(29)3/h4-15,17-18,20H,16H2,1-3H3,(H,32,34)(H,36,38)/t20-/m0/s1. The Balaban J connectivity index is 1.18. The van der Waals surface area contributed by atoms with Crippen LogP contribution in [0.4, 0.5) is 5.82 Å². The molecule has 194 valence electrons. The van der Waals surface area contributed by atoms with Gasteiger partial charge in [-0.3, -0.25) is 9.78 Å². The highest BCUT2D eigenvalue weighted by Crippen LogP contribution is 2.32. The smallest absolute Gasteiger partial charge is 0.255 e. The number of anilines is 1. The number of pyridine rings is 2. The number of nitrogens with zero attached hydrogens (tertiary/aromatic N) is 4. The number of hydrogen-bond acceptors (Lipinski definition) is 6. The summed E-state index contributed by atoms with van der Waals surface area (Å²) in [5.74, 6) is 0.410. The van der Waals surface area contributed by atoms with Crippen molar-refractivity contribution in [2.45, 2.75) is 26.4 Å². The number of benzene rings is 2. The van der Waals surface area contributed by atoms with Gasteiger partial charge in [-0.1, -0.05) is 35.9 Å². The minimum absolute atomic E-state index is 0.115. The molecular formula is C31H28N6OS. The van der Waals surface area contributed by atoms with Gasteiger partial charge in [0.05, 0.1) is 41.7 Å². The van der Waals surface area contributed by atoms with Gasteiger partial charge in [-0.2, -0.15) is 0 Å². The van der Waals surface area contributed by atoms with Crippen molar-refractivity contribution in [1.29, 1.82) is 0 Å². The molecule has 0 saturated carbocycles. The first-order valence-corrected chi connectivity index (χ1v) is 13.6. The molecule has 7 nitrogen and oxygen atoms in total. The molecule has 6 aromatic rings. The third-order valence-corrected chi connectivity index (χ3v) is 8.03. The van der Waals surface area contributed by atoms with E-state index in [-0.39, 0.29) is 11.9 Å². The number of rotatable bonds is 7. The maximum atomic E-state index is 13.1. The van der Waals surface area contributed by atoms with Crippen LogP contribution in [0.25, 0.3) is 32.4 Å². The average molecular weight is 533 g/mol. The molecule has 0 bridgehead atoms. The molecule has 0 spiro atoms. The number of imidazole rings is 1. The molecule has 2 N–H and O–H groups in total. The SMILES string of the molecule is Cc1ccc([C@H](C)NC(=O)c2cccnc2NCc2ccc(-c3ccc4ncc5ncn(C)c5c4c3)s2)cc1. The molecule has 39 heavy (non-hydrogen) atoms. The Kier molecular flexibility index (Phi) is 6.54. The third-order valence-electron chi connectivity index (χ3n) is 6.90. The molecule has 0 aliphatic heterocycles. The van der Waals surface area contributed by atoms with E-state index in [1.54, 1.807) is 29.7 Å². The summed E-state index contributed by atoms with van der Waals surface area (Å²) in [7, 11) is 2.01. The Morgan fingerprint density at radius 3 is 2.69 bits per heavy atom. The molecular weight excluding hydrogens is 504 g/mol. The van der Waals surface area contributed by atoms with E-state index in [1.165, 1.54) is 10.4 Å². The lowest BCUT2D eigenvalue weighted by Crippen LogP contribution is -2.27. The first kappa shape index (κ1) is 24.8. The molecule has 8 heteroatoms. The van der Waals surface area contributed by atoms with Crippen LogP contribution in [-0.2, 0) is 13.6 Å². The zero-order chi connectivity index (χ0) is 26.9. The number of aryl methyl sites for hydroxylation is 2. The predicted molar refractivity (Wildman–Crippen MR) is 158 cm³/mol. The van der Waals surface area contributed by atoms with Gasteiger partial charge in [-0.05, 0) is 61.4 Å². The van der Waals surface area contributed by atoms with Crippen molar-refractivity contribution in [2.75, 3.05) is 5.32 Å². The third kappa shape index (κ3) is 4.98. The molecule has 0 radical (unpaired) electrons. The highest BCUT2D eigenvalue weighted by Gasteiger charge is 2.16. The molecule has 2 aromatic carbocycles. The largest absolute Gasteiger partial charge is 0.365 e. The summed E-state index contributed by atoms with van der Waals surface area (Å²) < 4.78 is 2.04. The van der Waals surface area contributed by atoms with E-state index in [0.29, 0.717) is 17.9 Å². The van der Waals surface area contributed by atoms with Crippen molar-refractivity contribution < 1.29 is 4.79 Å². The summed E-state index contributed by atoms with van der Waals surface area (Å²) >= 11 is 1.72. The second-order valence-corrected chi connectivity index (χ2v) is 10.9. The monoisotopic (exact) mass is 532 g/mol. The van der Waals surface area contributed by atoms with Crippen LogP contribution in [0.3, 0.4) is 0 Å². The highest BCUT2D eigenvalue weighted by molar-refractivity contribution is 7.15. The number of carbonyl (C=O) groups excluding carboxylic acids is 1. The van der Waals surface area contributed by atoms with Crippen LogP contribution in [0, 0.1) is 6.92 Å². The Morgan fingerprint density at radius 2 is 1.85 bits per heavy atom. The quantitative estimate of drug-likeness (QED) is 0.240. The van der Waals surface area contributed by atoms with Crippen molar-refractivity contribution in [1.82, 2.24) is 24.8 Å². The molecule has 1 atom stereocenters. The summed E-state index contributed by atoms with van der Waals surface area (Å²) in [6.07, 6.45) is 5.34. The van der Waals surface area contributed by atoms with E-state index in [9.17, 15) is 4.79 Å². The van der Waals surface area contributed by atoms with Crippen LogP contribution >= 0.6 is 11.3 Å². The van der Waals surface area contributed by atoms with Crippen molar-refractivity contribution >= 4 is 45.0 Å². The van der Waals surface area contributed by atoms with Crippen LogP contribution in [0.1, 0.15) is 39.3 Å². The van der Waals surface area contributed by atoms with Crippen molar-refractivity contribution in [2.24, 2.45) is 7.05 Å². The van der Waals surface area contributed by atoms with Gasteiger partial charge in [-0.15, -0.1) is 11.3 Å². The first-order valence-electron chi connectivity index (χ1n) is 12.8. The van der Waals surface area contributed by atoms with Gasteiger partial charge < -0.3 is 15.2 Å². The van der Waals surface area contributed by atoms with Crippen LogP contribution in [0.5, 0.6) is 0 Å². The summed E-state index contributed by atoms with van der Waals surface area (Å²) in [5, 5.41) is 7.55. The maximum absolute atomic E-state index is 13.1. The second kappa shape index (κ2) is 10.3. The molecule has 4 aromatic heterocycles. The molecule has 6 rings (SSSR count). The molecule has 0 unspecified atom stereocenters. The number of fused-ring (bicyclic) bond motifs is 3. The Morgan fingerprint density at radius 1 is 1.00 bits per heavy atom. The number of aromatic nitrogens is 4. The molecule has 4 heterocycles. The summed E-state index contributed by atoms with van der Waals surface area (Å²) in [6.45, 7) is 4.61. The molecule has 0 aliphatic carbocycles. The predicted octanol–water partition coefficient (Wildman–Crippen LogP) is 6.66. The van der Waals surface area contributed by atoms with E-state index in [2.05, 4.69) is 75.0 Å². The van der Waals surface area contributed by atoms with Gasteiger partial charge in [0.15, 0.2) is 0 Å². The summed E-state index contributed by atoms with van der Waals surface area (Å²) in [4.78, 5) is 28.9. The molecule has 0 saturated heterocycles. The minimum atomic E-state index is -0.156. The van der Waals surface area contributed by atoms with E-state index >= 15 is 0 Å². The van der Waals surface area contributed by atoms with Gasteiger partial charge >= 0.3 is 0 Å². The Hall–Kier alpha value is -4.56. The summed E-state index contributed by atoms with van der Waals surface area (Å²) in [6, 6.07) is 22.3. The number of hydrogen-bond donors (Lipinski definition) is 2. The minimum Gasteiger partial charge on any atom is -0.365 e. The normalized spacial score (nSPS) is 12.1. The zero-order valence-electron chi connectivity index (χ0n) is 22.0. The maximum Gasteiger partial charge on any atom is 0.255 e. The van der Waals surface area contributed by atoms with Crippen molar-refractivity contribution in [3.63, 3.8) is 0 Å². The van der Waals surface area contributed by atoms with E-state index in [4.69, 9.17) is 0 Å². The van der Waals surface area contributed by atoms with E-state index in [1.807, 2.05) is 43.2 Å². The second-order valence-electron chi connectivity index (χ2n) is 9.70. The Labute approximate surface area is 230 Å². The molecule has 0 fully saturated rings. The van der Waals surface area contributed by atoms with E-state index < -0.39 is 0 Å². The number of thiophene rings is 1. The molecule has 0 aliphatic rings. The highest BCUT2D eigenvalue weighted by atomic mass is 32.1. The van der Waals surface area contributed by atoms with Gasteiger partial charge in [0, 0.05) is 28.4 Å². The average Bonchev–Trinajstić information content (AvgIpc) is 3.59. The lowest BCUT2D eigenvalue weighted by molar-refractivity contribution is 0.0940. The van der Waals surface area contributed by atoms with Crippen LogP contribution < -0.4 is 10.6 Å². The first-order chi connectivity index (χ1) is 19.0. The van der Waals surface area contributed by atoms with Gasteiger partial charge in [0.1, 0.15) is 11.3 Å². The lowest BCUT2D eigenvalue weighted by atomic mass is 10.1. The number of nitrogens with one attached hydrogen (secondary N) is 2. The number of carbonyl (C=O) groups is 1. The number of amides is 1. The summed E-state index contributed by atoms with van der Waals surface area (Å²) in [5.41, 5.74) is 6.83. The zero-order valence-corrected chi connectivity index (χ0v) is 22.8. The Bertz CT molecular complexity index is 1800. The van der Waals surface area contributed by atoms with Crippen LogP contribution in [-0.4, -0.2) is 25.4 Å². The van der Waals surface area contributed by atoms with Crippen molar-refractivity contribution in [3.8, 4) is 10.4 Å². The van der Waals surface area contributed by atoms with Gasteiger partial charge in [0.25, 0.3) is 5.91 Å². The molecule has 1 amide bonds. The fourth-order valence-electron chi connectivity index (χ4n) is 4.73. The van der Waals surface area contributed by atoms with Gasteiger partial charge in [-0.25, -0.2) is 9.97 Å². The van der Waals surface area contributed by atoms with Crippen LogP contribution in [0.15, 0.2) is 85.5 Å². The van der Waals surface area contributed by atoms with Crippen molar-refractivity contribution in [3.05, 3.63) is 107 Å². The van der Waals surface area contributed by atoms with E-state index in [0.717, 1.165) is 37.9 Å². The fourth-order valence-corrected chi connectivity index (χ4v) is 5.68.